The van der Waals surface area contributed by atoms with Gasteiger partial charge in [-0.3, -0.25) is 4.79 Å². The third-order valence-corrected chi connectivity index (χ3v) is 19.1. The van der Waals surface area contributed by atoms with E-state index in [-0.39, 0.29) is 51.9 Å². The van der Waals surface area contributed by atoms with Crippen molar-refractivity contribution in [3.63, 3.8) is 0 Å². The third-order valence-electron chi connectivity index (χ3n) is 10.1. The van der Waals surface area contributed by atoms with Crippen molar-refractivity contribution in [3.05, 3.63) is 48.6 Å². The van der Waals surface area contributed by atoms with E-state index >= 15 is 0 Å². The summed E-state index contributed by atoms with van der Waals surface area (Å²) in [6, 6.07) is 0. The van der Waals surface area contributed by atoms with Gasteiger partial charge in [0.15, 0.2) is 16.6 Å². The summed E-state index contributed by atoms with van der Waals surface area (Å²) in [6.07, 6.45) is 11.7. The summed E-state index contributed by atoms with van der Waals surface area (Å²) in [6.45, 7) is 39.3. The van der Waals surface area contributed by atoms with Crippen molar-refractivity contribution in [3.8, 4) is 0 Å². The molecule has 0 aromatic rings. The Morgan fingerprint density at radius 3 is 1.64 bits per heavy atom. The number of carbonyl (C=O) groups excluding carboxylic acids is 2. The highest BCUT2D eigenvalue weighted by Crippen LogP contribution is 2.42. The van der Waals surface area contributed by atoms with Crippen LogP contribution in [0.3, 0.4) is 0 Å². The Kier molecular flexibility index (Phi) is 17.3. The normalized spacial score (nSPS) is 19.4. The van der Waals surface area contributed by atoms with Gasteiger partial charge in [0.2, 0.25) is 0 Å². The SMILES string of the molecule is C=C/C=C\[C@H](C)[C@H](OC(N)=O)[C@@H](C)C(O[Si](C)(C)C(C)(C)C)[C@@H](C)C/C(C)=C\[C@H](C)[C@@H](O[Si](C)(C)C(C)(C)C)[C@@H](C)/C=C\C=O. The number of aldehydes is 1. The minimum atomic E-state index is -2.19. The fourth-order valence-corrected chi connectivity index (χ4v) is 8.36. The number of rotatable bonds is 18. The highest BCUT2D eigenvalue weighted by atomic mass is 28.4. The van der Waals surface area contributed by atoms with Gasteiger partial charge >= 0.3 is 6.09 Å². The molecule has 0 heterocycles. The van der Waals surface area contributed by atoms with Gasteiger partial charge in [0.05, 0.1) is 12.2 Å². The number of primary amides is 1. The summed E-state index contributed by atoms with van der Waals surface area (Å²) >= 11 is 0. The predicted molar refractivity (Wildman–Crippen MR) is 197 cm³/mol. The molecule has 1 unspecified atom stereocenters. The summed E-state index contributed by atoms with van der Waals surface area (Å²) in [5.74, 6) is 0.157. The zero-order valence-electron chi connectivity index (χ0n) is 31.7. The lowest BCUT2D eigenvalue weighted by Crippen LogP contribution is -2.50. The minimum absolute atomic E-state index is 0.0119. The van der Waals surface area contributed by atoms with E-state index < -0.39 is 28.8 Å². The summed E-state index contributed by atoms with van der Waals surface area (Å²) in [5, 5.41) is 0.0796. The molecule has 1 amide bonds. The number of allylic oxidation sites excluding steroid dienone is 4. The van der Waals surface area contributed by atoms with Crippen molar-refractivity contribution in [2.45, 2.75) is 144 Å². The van der Waals surface area contributed by atoms with Crippen LogP contribution in [0.1, 0.15) is 89.5 Å². The molecular formula is C37H69NO5Si2. The average molecular weight is 664 g/mol. The zero-order valence-corrected chi connectivity index (χ0v) is 33.7. The molecule has 0 aliphatic heterocycles. The first-order valence-electron chi connectivity index (χ1n) is 16.7. The lowest BCUT2D eigenvalue weighted by atomic mass is 9.81. The Bertz CT molecular complexity index is 1030. The smallest absolute Gasteiger partial charge is 0.404 e. The van der Waals surface area contributed by atoms with E-state index in [1.54, 1.807) is 12.2 Å². The Labute approximate surface area is 279 Å². The maximum atomic E-state index is 12.1. The van der Waals surface area contributed by atoms with Gasteiger partial charge in [-0.2, -0.15) is 0 Å². The maximum Gasteiger partial charge on any atom is 0.404 e. The molecule has 6 nitrogen and oxygen atoms in total. The minimum Gasteiger partial charge on any atom is -0.445 e. The summed E-state index contributed by atoms with van der Waals surface area (Å²) in [4.78, 5) is 23.2. The Morgan fingerprint density at radius 1 is 0.778 bits per heavy atom. The van der Waals surface area contributed by atoms with Gasteiger partial charge in [-0.1, -0.05) is 119 Å². The van der Waals surface area contributed by atoms with Gasteiger partial charge < -0.3 is 19.3 Å². The van der Waals surface area contributed by atoms with Crippen LogP contribution in [0.2, 0.25) is 36.3 Å². The molecule has 0 aromatic heterocycles. The number of carbonyl (C=O) groups is 2. The van der Waals surface area contributed by atoms with Crippen LogP contribution in [0.15, 0.2) is 48.6 Å². The average Bonchev–Trinajstić information content (AvgIpc) is 2.88. The van der Waals surface area contributed by atoms with Crippen molar-refractivity contribution in [1.82, 2.24) is 0 Å². The van der Waals surface area contributed by atoms with Crippen LogP contribution in [0.25, 0.3) is 0 Å². The molecular weight excluding hydrogens is 595 g/mol. The molecule has 2 N–H and O–H groups in total. The molecule has 8 atom stereocenters. The fraction of sp³-hybridized carbons (Fsp3) is 0.730. The largest absolute Gasteiger partial charge is 0.445 e. The fourth-order valence-electron chi connectivity index (χ4n) is 5.41. The monoisotopic (exact) mass is 663 g/mol. The highest BCUT2D eigenvalue weighted by Gasteiger charge is 2.44. The first-order chi connectivity index (χ1) is 20.3. The molecule has 0 bridgehead atoms. The second-order valence-corrected chi connectivity index (χ2v) is 25.9. The molecule has 45 heavy (non-hydrogen) atoms. The van der Waals surface area contributed by atoms with Crippen molar-refractivity contribution in [2.75, 3.05) is 0 Å². The van der Waals surface area contributed by atoms with Gasteiger partial charge in [-0.05, 0) is 73.4 Å². The first-order valence-corrected chi connectivity index (χ1v) is 22.5. The van der Waals surface area contributed by atoms with Gasteiger partial charge in [-0.15, -0.1) is 0 Å². The Morgan fingerprint density at radius 2 is 1.22 bits per heavy atom. The second-order valence-electron chi connectivity index (χ2n) is 16.4. The maximum absolute atomic E-state index is 12.1. The van der Waals surface area contributed by atoms with E-state index in [0.29, 0.717) is 0 Å². The molecule has 0 aliphatic carbocycles. The summed E-state index contributed by atoms with van der Waals surface area (Å²) in [5.41, 5.74) is 6.84. The van der Waals surface area contributed by atoms with Crippen LogP contribution < -0.4 is 5.73 Å². The Balaban J connectivity index is 6.61. The summed E-state index contributed by atoms with van der Waals surface area (Å²) < 4.78 is 19.9. The Hall–Kier alpha value is -1.75. The van der Waals surface area contributed by atoms with Crippen LogP contribution >= 0.6 is 0 Å². The van der Waals surface area contributed by atoms with Crippen LogP contribution in [-0.2, 0) is 18.4 Å². The number of hydrogen-bond acceptors (Lipinski definition) is 5. The topological polar surface area (TPSA) is 87.8 Å². The van der Waals surface area contributed by atoms with E-state index in [9.17, 15) is 9.59 Å². The van der Waals surface area contributed by atoms with Gasteiger partial charge in [0, 0.05) is 11.8 Å². The molecule has 0 spiro atoms. The second kappa shape index (κ2) is 18.0. The first kappa shape index (κ1) is 43.3. The summed E-state index contributed by atoms with van der Waals surface area (Å²) in [7, 11) is -4.26. The quantitative estimate of drug-likeness (QED) is 0.0518. The van der Waals surface area contributed by atoms with Crippen LogP contribution in [0, 0.1) is 29.6 Å². The number of amides is 1. The van der Waals surface area contributed by atoms with Crippen LogP contribution in [0.5, 0.6) is 0 Å². The molecule has 0 rings (SSSR count). The highest BCUT2D eigenvalue weighted by molar-refractivity contribution is 6.74. The standard InChI is InChI=1S/C37H69NO5Si2/c1-18-19-21-28(4)33(41-35(38)40)31(7)34(43-45(16,17)37(11,12)13)30(6)25-26(2)24-29(5)32(27(3)22-20-23-39)42-44(14,15)36(8,9)10/h18-24,27-34H,1,25H2,2-17H3,(H2,38,40)/b21-19-,22-20-,26-24-/t27-,28-,29-,30-,31+,32-,33-,34?/m0/s1. The number of ether oxygens (including phenoxy) is 1. The lowest BCUT2D eigenvalue weighted by molar-refractivity contribution is -0.104. The van der Waals surface area contributed by atoms with Gasteiger partial charge in [-0.25, -0.2) is 4.79 Å². The van der Waals surface area contributed by atoms with Crippen molar-refractivity contribution >= 4 is 29.0 Å². The van der Waals surface area contributed by atoms with Crippen molar-refractivity contribution in [1.29, 1.82) is 0 Å². The van der Waals surface area contributed by atoms with E-state index in [2.05, 4.69) is 115 Å². The molecule has 0 aromatic carbocycles. The lowest BCUT2D eigenvalue weighted by Gasteiger charge is -2.45. The van der Waals surface area contributed by atoms with Gasteiger partial charge in [0.25, 0.3) is 0 Å². The molecule has 0 saturated heterocycles. The molecule has 8 heteroatoms. The van der Waals surface area contributed by atoms with E-state index in [1.165, 1.54) is 5.57 Å². The van der Waals surface area contributed by atoms with Crippen molar-refractivity contribution < 1.29 is 23.2 Å². The van der Waals surface area contributed by atoms with E-state index in [4.69, 9.17) is 19.3 Å². The zero-order chi connectivity index (χ0) is 35.6. The van der Waals surface area contributed by atoms with Crippen LogP contribution in [0.4, 0.5) is 4.79 Å². The van der Waals surface area contributed by atoms with E-state index in [0.717, 1.165) is 12.7 Å². The molecule has 0 aliphatic rings. The van der Waals surface area contributed by atoms with E-state index in [1.807, 2.05) is 25.2 Å². The number of nitrogens with two attached hydrogens (primary N) is 1. The molecule has 0 radical (unpaired) electrons. The van der Waals surface area contributed by atoms with Crippen molar-refractivity contribution in [2.24, 2.45) is 35.3 Å². The molecule has 0 fully saturated rings. The molecule has 0 saturated carbocycles. The third kappa shape index (κ3) is 13.9. The van der Waals surface area contributed by atoms with Gasteiger partial charge in [0.1, 0.15) is 12.4 Å². The molecule has 260 valence electrons. The van der Waals surface area contributed by atoms with Crippen LogP contribution in [-0.4, -0.2) is 47.3 Å². The number of hydrogen-bond donors (Lipinski definition) is 1. The predicted octanol–water partition coefficient (Wildman–Crippen LogP) is 10.2.